The van der Waals surface area contributed by atoms with E-state index >= 15 is 0 Å². The molecule has 0 amide bonds. The van der Waals surface area contributed by atoms with Crippen molar-refractivity contribution in [3.05, 3.63) is 100 Å². The maximum Gasteiger partial charge on any atom is 0.214 e. The molecule has 1 aromatic heterocycles. The number of methoxy groups -OCH3 is 1. The lowest BCUT2D eigenvalue weighted by molar-refractivity contribution is 0.220. The van der Waals surface area contributed by atoms with Gasteiger partial charge in [-0.15, -0.1) is 0 Å². The van der Waals surface area contributed by atoms with Crippen LogP contribution in [0, 0.1) is 6.92 Å². The van der Waals surface area contributed by atoms with Gasteiger partial charge in [0.2, 0.25) is 5.88 Å². The smallest absolute Gasteiger partial charge is 0.214 e. The van der Waals surface area contributed by atoms with E-state index in [1.807, 2.05) is 67.6 Å². The average molecular weight is 460 g/mol. The second-order valence-electron chi connectivity index (χ2n) is 7.23. The van der Waals surface area contributed by atoms with E-state index in [0.717, 1.165) is 48.8 Å². The first-order chi connectivity index (χ1) is 14.5. The zero-order valence-electron chi connectivity index (χ0n) is 16.9. The van der Waals surface area contributed by atoms with Gasteiger partial charge >= 0.3 is 0 Å². The van der Waals surface area contributed by atoms with Gasteiger partial charge in [0.15, 0.2) is 0 Å². The molecule has 0 spiro atoms. The highest BCUT2D eigenvalue weighted by Gasteiger charge is 2.15. The molecule has 0 aliphatic rings. The highest BCUT2D eigenvalue weighted by Crippen LogP contribution is 2.35. The molecule has 1 N–H and O–H groups in total. The number of nitrogens with zero attached hydrogens (tertiary/aromatic N) is 1. The Labute approximate surface area is 184 Å². The lowest BCUT2D eigenvalue weighted by Crippen LogP contribution is -2.01. The Bertz CT molecular complexity index is 1250. The minimum atomic E-state index is -0.735. The summed E-state index contributed by atoms with van der Waals surface area (Å²) in [7, 11) is 1.62. The standard InChI is InChI=1S/C26H22BrNO2/c1-4-17-6-5-7-18(12-17)21-15-25(30-3)28-24-11-10-19(13-22(21)24)26(29)20-9-8-16(2)23(27)14-20/h4-15,26,29H,1H2,2-3H3. The third kappa shape index (κ3) is 3.89. The summed E-state index contributed by atoms with van der Waals surface area (Å²) < 4.78 is 6.41. The third-order valence-electron chi connectivity index (χ3n) is 5.28. The normalized spacial score (nSPS) is 12.0. The van der Waals surface area contributed by atoms with E-state index in [1.165, 1.54) is 0 Å². The molecule has 1 unspecified atom stereocenters. The van der Waals surface area contributed by atoms with Crippen LogP contribution in [-0.2, 0) is 0 Å². The van der Waals surface area contributed by atoms with Crippen LogP contribution < -0.4 is 4.74 Å². The van der Waals surface area contributed by atoms with Crippen molar-refractivity contribution in [1.29, 1.82) is 0 Å². The summed E-state index contributed by atoms with van der Waals surface area (Å²) in [6.07, 6.45) is 1.09. The van der Waals surface area contributed by atoms with Gasteiger partial charge in [-0.2, -0.15) is 0 Å². The van der Waals surface area contributed by atoms with Crippen molar-refractivity contribution in [3.8, 4) is 17.0 Å². The molecule has 1 heterocycles. The van der Waals surface area contributed by atoms with Crippen LogP contribution in [0.5, 0.6) is 5.88 Å². The molecule has 30 heavy (non-hydrogen) atoms. The van der Waals surface area contributed by atoms with E-state index in [9.17, 15) is 5.11 Å². The van der Waals surface area contributed by atoms with Crippen LogP contribution in [0.15, 0.2) is 77.8 Å². The van der Waals surface area contributed by atoms with Crippen LogP contribution in [-0.4, -0.2) is 17.2 Å². The highest BCUT2D eigenvalue weighted by atomic mass is 79.9. The van der Waals surface area contributed by atoms with Gasteiger partial charge in [-0.25, -0.2) is 4.98 Å². The van der Waals surface area contributed by atoms with Crippen molar-refractivity contribution in [1.82, 2.24) is 4.98 Å². The van der Waals surface area contributed by atoms with Crippen molar-refractivity contribution in [2.45, 2.75) is 13.0 Å². The molecular formula is C26H22BrNO2. The molecule has 150 valence electrons. The SMILES string of the molecule is C=Cc1cccc(-c2cc(OC)nc3ccc(C(O)c4ccc(C)c(Br)c4)cc23)c1. The van der Waals surface area contributed by atoms with Crippen LogP contribution in [0.1, 0.15) is 28.4 Å². The molecule has 1 atom stereocenters. The summed E-state index contributed by atoms with van der Waals surface area (Å²) in [4.78, 5) is 4.59. The first kappa shape index (κ1) is 20.3. The number of hydrogen-bond donors (Lipinski definition) is 1. The van der Waals surface area contributed by atoms with Crippen molar-refractivity contribution < 1.29 is 9.84 Å². The number of aromatic nitrogens is 1. The monoisotopic (exact) mass is 459 g/mol. The van der Waals surface area contributed by atoms with Gasteiger partial charge in [0.05, 0.1) is 12.6 Å². The number of fused-ring (bicyclic) bond motifs is 1. The second-order valence-corrected chi connectivity index (χ2v) is 8.08. The van der Waals surface area contributed by atoms with E-state index in [1.54, 1.807) is 7.11 Å². The summed E-state index contributed by atoms with van der Waals surface area (Å²) >= 11 is 3.56. The summed E-state index contributed by atoms with van der Waals surface area (Å²) in [6.45, 7) is 5.90. The van der Waals surface area contributed by atoms with E-state index < -0.39 is 6.10 Å². The summed E-state index contributed by atoms with van der Waals surface area (Å²) in [5.74, 6) is 0.553. The van der Waals surface area contributed by atoms with Crippen LogP contribution in [0.4, 0.5) is 0 Å². The molecule has 0 fully saturated rings. The number of halogens is 1. The van der Waals surface area contributed by atoms with Crippen LogP contribution in [0.2, 0.25) is 0 Å². The quantitative estimate of drug-likeness (QED) is 0.360. The highest BCUT2D eigenvalue weighted by molar-refractivity contribution is 9.10. The maximum atomic E-state index is 11.0. The number of aryl methyl sites for hydroxylation is 1. The second kappa shape index (κ2) is 8.42. The van der Waals surface area contributed by atoms with Gasteiger partial charge in [-0.1, -0.05) is 65.0 Å². The maximum absolute atomic E-state index is 11.0. The van der Waals surface area contributed by atoms with Gasteiger partial charge in [-0.3, -0.25) is 0 Å². The molecule has 0 aliphatic heterocycles. The summed E-state index contributed by atoms with van der Waals surface area (Å²) in [6, 6.07) is 21.9. The van der Waals surface area contributed by atoms with Crippen LogP contribution in [0.3, 0.4) is 0 Å². The van der Waals surface area contributed by atoms with Crippen molar-refractivity contribution >= 4 is 32.9 Å². The zero-order chi connectivity index (χ0) is 21.3. The predicted octanol–water partition coefficient (Wildman–Crippen LogP) is 6.71. The van der Waals surface area contributed by atoms with Crippen LogP contribution >= 0.6 is 15.9 Å². The zero-order valence-corrected chi connectivity index (χ0v) is 18.5. The fraction of sp³-hybridized carbons (Fsp3) is 0.115. The Balaban J connectivity index is 1.88. The van der Waals surface area contributed by atoms with Crippen molar-refractivity contribution in [2.75, 3.05) is 7.11 Å². The Morgan fingerprint density at radius 2 is 1.80 bits per heavy atom. The largest absolute Gasteiger partial charge is 0.481 e. The lowest BCUT2D eigenvalue weighted by atomic mass is 9.95. The minimum Gasteiger partial charge on any atom is -0.481 e. The number of pyridine rings is 1. The number of benzene rings is 3. The van der Waals surface area contributed by atoms with Gasteiger partial charge in [0, 0.05) is 15.9 Å². The number of aliphatic hydroxyl groups excluding tert-OH is 1. The average Bonchev–Trinajstić information content (AvgIpc) is 2.79. The van der Waals surface area contributed by atoms with Gasteiger partial charge < -0.3 is 9.84 Å². The number of hydrogen-bond acceptors (Lipinski definition) is 3. The summed E-state index contributed by atoms with van der Waals surface area (Å²) in [5, 5.41) is 12.0. The summed E-state index contributed by atoms with van der Waals surface area (Å²) in [5.41, 5.74) is 6.68. The molecule has 3 nitrogen and oxygen atoms in total. The number of ether oxygens (including phenoxy) is 1. The van der Waals surface area contributed by atoms with E-state index in [4.69, 9.17) is 4.74 Å². The Morgan fingerprint density at radius 3 is 2.53 bits per heavy atom. The van der Waals surface area contributed by atoms with Gasteiger partial charge in [0.25, 0.3) is 0 Å². The van der Waals surface area contributed by atoms with E-state index in [0.29, 0.717) is 5.88 Å². The van der Waals surface area contributed by atoms with Gasteiger partial charge in [0.1, 0.15) is 6.10 Å². The fourth-order valence-electron chi connectivity index (χ4n) is 3.54. The minimum absolute atomic E-state index is 0.553. The molecule has 0 saturated heterocycles. The van der Waals surface area contributed by atoms with E-state index in [2.05, 4.69) is 39.6 Å². The Morgan fingerprint density at radius 1 is 1.03 bits per heavy atom. The molecule has 0 radical (unpaired) electrons. The first-order valence-corrected chi connectivity index (χ1v) is 10.4. The molecule has 4 aromatic rings. The number of rotatable bonds is 5. The molecule has 4 rings (SSSR count). The molecular weight excluding hydrogens is 438 g/mol. The predicted molar refractivity (Wildman–Crippen MR) is 127 cm³/mol. The molecule has 4 heteroatoms. The molecule has 0 saturated carbocycles. The first-order valence-electron chi connectivity index (χ1n) is 9.66. The van der Waals surface area contributed by atoms with Crippen molar-refractivity contribution in [3.63, 3.8) is 0 Å². The third-order valence-corrected chi connectivity index (χ3v) is 6.13. The molecule has 3 aromatic carbocycles. The lowest BCUT2D eigenvalue weighted by Gasteiger charge is -2.15. The Hall–Kier alpha value is -2.95. The Kier molecular flexibility index (Phi) is 5.71. The molecule has 0 bridgehead atoms. The number of aliphatic hydroxyl groups is 1. The van der Waals surface area contributed by atoms with E-state index in [-0.39, 0.29) is 0 Å². The topological polar surface area (TPSA) is 42.4 Å². The van der Waals surface area contributed by atoms with Gasteiger partial charge in [-0.05, 0) is 64.6 Å². The van der Waals surface area contributed by atoms with Crippen molar-refractivity contribution in [2.24, 2.45) is 0 Å². The van der Waals surface area contributed by atoms with Crippen LogP contribution in [0.25, 0.3) is 28.1 Å². The molecule has 0 aliphatic carbocycles. The fourth-order valence-corrected chi connectivity index (χ4v) is 3.93.